The van der Waals surface area contributed by atoms with Gasteiger partial charge in [0.15, 0.2) is 11.5 Å². The molecular weight excluding hydrogens is 294 g/mol. The van der Waals surface area contributed by atoms with Crippen LogP contribution in [0.25, 0.3) is 22.4 Å². The van der Waals surface area contributed by atoms with Gasteiger partial charge in [-0.1, -0.05) is 0 Å². The molecule has 0 radical (unpaired) electrons. The predicted octanol–water partition coefficient (Wildman–Crippen LogP) is 2.97. The van der Waals surface area contributed by atoms with Crippen molar-refractivity contribution in [2.75, 3.05) is 14.2 Å². The molecule has 0 amide bonds. The molecule has 6 heteroatoms. The van der Waals surface area contributed by atoms with Gasteiger partial charge in [0.25, 0.3) is 0 Å². The van der Waals surface area contributed by atoms with Crippen LogP contribution in [0.4, 0.5) is 0 Å². The average molecular weight is 309 g/mol. The molecular formula is C17H15N3O3. The third kappa shape index (κ3) is 2.66. The Hall–Kier alpha value is -3.15. The largest absolute Gasteiger partial charge is 0.493 e. The molecule has 3 aromatic rings. The van der Waals surface area contributed by atoms with Crippen molar-refractivity contribution in [3.63, 3.8) is 0 Å². The van der Waals surface area contributed by atoms with Crippen molar-refractivity contribution in [3.8, 4) is 33.9 Å². The number of carbonyl (C=O) groups excluding carboxylic acids is 1. The Balaban J connectivity index is 2.24. The van der Waals surface area contributed by atoms with Crippen LogP contribution in [0.5, 0.6) is 11.5 Å². The van der Waals surface area contributed by atoms with E-state index < -0.39 is 0 Å². The first-order valence-electron chi connectivity index (χ1n) is 6.93. The lowest BCUT2D eigenvalue weighted by atomic mass is 9.99. The number of ether oxygens (including phenoxy) is 2. The van der Waals surface area contributed by atoms with Crippen LogP contribution < -0.4 is 9.47 Å². The van der Waals surface area contributed by atoms with Crippen molar-refractivity contribution >= 4 is 6.29 Å². The fourth-order valence-electron chi connectivity index (χ4n) is 2.47. The van der Waals surface area contributed by atoms with Gasteiger partial charge >= 0.3 is 0 Å². The van der Waals surface area contributed by atoms with Crippen molar-refractivity contribution in [1.29, 1.82) is 0 Å². The summed E-state index contributed by atoms with van der Waals surface area (Å²) in [5, 5.41) is 7.10. The van der Waals surface area contributed by atoms with E-state index in [0.717, 1.165) is 28.7 Å². The van der Waals surface area contributed by atoms with E-state index in [2.05, 4.69) is 15.2 Å². The van der Waals surface area contributed by atoms with Crippen LogP contribution in [0.2, 0.25) is 0 Å². The Morgan fingerprint density at radius 2 is 2.00 bits per heavy atom. The molecule has 0 aliphatic rings. The zero-order chi connectivity index (χ0) is 16.2. The third-order valence-electron chi connectivity index (χ3n) is 3.52. The second kappa shape index (κ2) is 6.31. The predicted molar refractivity (Wildman–Crippen MR) is 85.7 cm³/mol. The number of methoxy groups -OCH3 is 2. The number of hydrogen-bond donors (Lipinski definition) is 1. The second-order valence-corrected chi connectivity index (χ2v) is 4.82. The van der Waals surface area contributed by atoms with Crippen LogP contribution in [0, 0.1) is 0 Å². The number of rotatable bonds is 5. The number of benzene rings is 1. The lowest BCUT2D eigenvalue weighted by Gasteiger charge is -2.14. The van der Waals surface area contributed by atoms with Crippen LogP contribution in [0.15, 0.2) is 42.9 Å². The number of pyridine rings is 1. The van der Waals surface area contributed by atoms with Gasteiger partial charge in [-0.15, -0.1) is 0 Å². The molecule has 0 aliphatic heterocycles. The van der Waals surface area contributed by atoms with Gasteiger partial charge in [-0.25, -0.2) is 0 Å². The van der Waals surface area contributed by atoms with Gasteiger partial charge in [0.1, 0.15) is 6.29 Å². The van der Waals surface area contributed by atoms with E-state index in [9.17, 15) is 4.79 Å². The van der Waals surface area contributed by atoms with Crippen LogP contribution in [-0.2, 0) is 0 Å². The molecule has 1 N–H and O–H groups in total. The van der Waals surface area contributed by atoms with Crippen molar-refractivity contribution in [1.82, 2.24) is 15.2 Å². The van der Waals surface area contributed by atoms with Crippen LogP contribution >= 0.6 is 0 Å². The number of nitrogens with zero attached hydrogens (tertiary/aromatic N) is 2. The van der Waals surface area contributed by atoms with Gasteiger partial charge in [-0.2, -0.15) is 5.10 Å². The lowest BCUT2D eigenvalue weighted by Crippen LogP contribution is -1.96. The van der Waals surface area contributed by atoms with Gasteiger partial charge in [-0.05, 0) is 24.3 Å². The molecule has 0 bridgehead atoms. The highest BCUT2D eigenvalue weighted by Gasteiger charge is 2.18. The Labute approximate surface area is 133 Å². The van der Waals surface area contributed by atoms with Gasteiger partial charge in [-0.3, -0.25) is 14.9 Å². The molecule has 0 saturated heterocycles. The first-order chi connectivity index (χ1) is 11.3. The molecule has 2 aromatic heterocycles. The topological polar surface area (TPSA) is 77.1 Å². The van der Waals surface area contributed by atoms with Crippen molar-refractivity contribution < 1.29 is 14.3 Å². The fraction of sp³-hybridized carbons (Fsp3) is 0.118. The third-order valence-corrected chi connectivity index (χ3v) is 3.52. The maximum absolute atomic E-state index is 11.2. The SMILES string of the molecule is COc1cc(C=O)cc(-c2cn[nH]c2-c2cccnc2)c1OC. The number of hydrogen-bond acceptors (Lipinski definition) is 5. The minimum absolute atomic E-state index is 0.491. The number of aromatic nitrogens is 3. The summed E-state index contributed by atoms with van der Waals surface area (Å²) in [6, 6.07) is 7.16. The van der Waals surface area contributed by atoms with Crippen molar-refractivity contribution in [3.05, 3.63) is 48.4 Å². The highest BCUT2D eigenvalue weighted by Crippen LogP contribution is 2.41. The molecule has 116 valence electrons. The first kappa shape index (κ1) is 14.8. The Bertz CT molecular complexity index is 828. The quantitative estimate of drug-likeness (QED) is 0.733. The van der Waals surface area contributed by atoms with Crippen molar-refractivity contribution in [2.24, 2.45) is 0 Å². The Morgan fingerprint density at radius 3 is 2.65 bits per heavy atom. The number of aromatic amines is 1. The summed E-state index contributed by atoms with van der Waals surface area (Å²) < 4.78 is 10.8. The van der Waals surface area contributed by atoms with E-state index in [4.69, 9.17) is 9.47 Å². The van der Waals surface area contributed by atoms with E-state index >= 15 is 0 Å². The fourth-order valence-corrected chi connectivity index (χ4v) is 2.47. The van der Waals surface area contributed by atoms with Gasteiger partial charge in [0, 0.05) is 34.6 Å². The van der Waals surface area contributed by atoms with Crippen LogP contribution in [0.3, 0.4) is 0 Å². The minimum Gasteiger partial charge on any atom is -0.493 e. The smallest absolute Gasteiger partial charge is 0.168 e. The molecule has 0 aliphatic carbocycles. The van der Waals surface area contributed by atoms with E-state index in [1.165, 1.54) is 7.11 Å². The molecule has 23 heavy (non-hydrogen) atoms. The van der Waals surface area contributed by atoms with E-state index in [-0.39, 0.29) is 0 Å². The summed E-state index contributed by atoms with van der Waals surface area (Å²) in [7, 11) is 3.10. The van der Waals surface area contributed by atoms with E-state index in [1.807, 2.05) is 12.1 Å². The summed E-state index contributed by atoms with van der Waals surface area (Å²) in [6.45, 7) is 0. The molecule has 0 unspecified atom stereocenters. The van der Waals surface area contributed by atoms with E-state index in [1.54, 1.807) is 37.8 Å². The highest BCUT2D eigenvalue weighted by atomic mass is 16.5. The number of H-pyrrole nitrogens is 1. The zero-order valence-electron chi connectivity index (χ0n) is 12.7. The summed E-state index contributed by atoms with van der Waals surface area (Å²) in [4.78, 5) is 15.3. The maximum atomic E-state index is 11.2. The number of aldehydes is 1. The number of nitrogens with one attached hydrogen (secondary N) is 1. The molecule has 0 saturated carbocycles. The molecule has 2 heterocycles. The lowest BCUT2D eigenvalue weighted by molar-refractivity contribution is 0.112. The molecule has 0 atom stereocenters. The Morgan fingerprint density at radius 1 is 1.13 bits per heavy atom. The molecule has 0 spiro atoms. The second-order valence-electron chi connectivity index (χ2n) is 4.82. The van der Waals surface area contributed by atoms with Crippen LogP contribution in [0.1, 0.15) is 10.4 Å². The minimum atomic E-state index is 0.491. The summed E-state index contributed by atoms with van der Waals surface area (Å²) in [6.07, 6.45) is 5.91. The zero-order valence-corrected chi connectivity index (χ0v) is 12.7. The molecule has 0 fully saturated rings. The summed E-state index contributed by atoms with van der Waals surface area (Å²) >= 11 is 0. The monoisotopic (exact) mass is 309 g/mol. The summed E-state index contributed by atoms with van der Waals surface area (Å²) in [5.74, 6) is 1.04. The van der Waals surface area contributed by atoms with Gasteiger partial charge in [0.2, 0.25) is 0 Å². The average Bonchev–Trinajstić information content (AvgIpc) is 3.10. The van der Waals surface area contributed by atoms with Gasteiger partial charge in [0.05, 0.1) is 26.1 Å². The molecule has 3 rings (SSSR count). The van der Waals surface area contributed by atoms with Crippen LogP contribution in [-0.4, -0.2) is 35.7 Å². The standard InChI is InChI=1S/C17H15N3O3/c1-22-15-7-11(10-21)6-13(17(15)23-2)14-9-19-20-16(14)12-4-3-5-18-8-12/h3-10H,1-2H3,(H,19,20). The first-order valence-corrected chi connectivity index (χ1v) is 6.93. The van der Waals surface area contributed by atoms with Gasteiger partial charge < -0.3 is 9.47 Å². The molecule has 6 nitrogen and oxygen atoms in total. The normalized spacial score (nSPS) is 10.3. The Kier molecular flexibility index (Phi) is 4.05. The maximum Gasteiger partial charge on any atom is 0.168 e. The molecule has 1 aromatic carbocycles. The van der Waals surface area contributed by atoms with E-state index in [0.29, 0.717) is 17.1 Å². The van der Waals surface area contributed by atoms with Crippen molar-refractivity contribution in [2.45, 2.75) is 0 Å². The highest BCUT2D eigenvalue weighted by molar-refractivity contribution is 5.89. The summed E-state index contributed by atoms with van der Waals surface area (Å²) in [5.41, 5.74) is 3.70. The number of carbonyl (C=O) groups is 1.